The number of rotatable bonds is 8. The number of carbonyl (C=O) groups excluding carboxylic acids is 1. The minimum atomic E-state index is -0.471. The second kappa shape index (κ2) is 12.5. The van der Waals surface area contributed by atoms with Gasteiger partial charge in [-0.1, -0.05) is 12.1 Å². The first-order chi connectivity index (χ1) is 19.3. The molecule has 0 radical (unpaired) electrons. The molecule has 0 fully saturated rings. The average molecular weight is 533 g/mol. The summed E-state index contributed by atoms with van der Waals surface area (Å²) >= 11 is 0. The highest BCUT2D eigenvalue weighted by Crippen LogP contribution is 2.31. The highest BCUT2D eigenvalue weighted by atomic mass is 16.5. The van der Waals surface area contributed by atoms with E-state index in [2.05, 4.69) is 22.8 Å². The smallest absolute Gasteiger partial charge is 0.323 e. The van der Waals surface area contributed by atoms with Crippen molar-refractivity contribution in [2.45, 2.75) is 26.9 Å². The Bertz CT molecular complexity index is 1530. The molecule has 6 N–H and O–H groups in total. The second-order valence-electron chi connectivity index (χ2n) is 9.01. The average Bonchev–Trinajstić information content (AvgIpc) is 2.93. The van der Waals surface area contributed by atoms with Crippen molar-refractivity contribution in [3.05, 3.63) is 106 Å². The number of nitriles is 2. The lowest BCUT2D eigenvalue weighted by Crippen LogP contribution is -2.19. The number of nitrogens with one attached hydrogen (secondary N) is 2. The molecule has 0 bridgehead atoms. The van der Waals surface area contributed by atoms with Crippen molar-refractivity contribution >= 4 is 17.4 Å². The number of nitrogens with two attached hydrogens (primary N) is 2. The Hall–Kier alpha value is -5.35. The Labute approximate surface area is 232 Å². The van der Waals surface area contributed by atoms with Crippen LogP contribution in [-0.2, 0) is 13.1 Å². The van der Waals surface area contributed by atoms with E-state index in [1.807, 2.05) is 13.8 Å². The molecule has 0 saturated heterocycles. The molecule has 0 aliphatic rings. The fourth-order valence-electron chi connectivity index (χ4n) is 3.99. The van der Waals surface area contributed by atoms with Gasteiger partial charge in [-0.05, 0) is 73.5 Å². The second-order valence-corrected chi connectivity index (χ2v) is 9.01. The molecular weight excluding hydrogens is 504 g/mol. The topological polar surface area (TPSA) is 159 Å². The van der Waals surface area contributed by atoms with Crippen LogP contribution in [0, 0.1) is 36.5 Å². The fraction of sp³-hybridized carbons (Fsp3) is 0.129. The van der Waals surface area contributed by atoms with Crippen LogP contribution in [0.2, 0.25) is 0 Å². The van der Waals surface area contributed by atoms with Gasteiger partial charge in [-0.3, -0.25) is 0 Å². The van der Waals surface area contributed by atoms with Crippen LogP contribution in [-0.4, -0.2) is 6.03 Å². The number of ether oxygens (including phenoxy) is 2. The SMILES string of the molecule is Cc1cc(Oc2cc(NC(=O)Nc3ccc(CN)c(Oc4ccc(C#N)c(C)c4)c3)ccc2CN)ccc1C#N. The first-order valence-electron chi connectivity index (χ1n) is 12.4. The van der Waals surface area contributed by atoms with Gasteiger partial charge in [0.05, 0.1) is 23.3 Å². The van der Waals surface area contributed by atoms with Gasteiger partial charge in [-0.2, -0.15) is 10.5 Å². The molecule has 0 aliphatic carbocycles. The van der Waals surface area contributed by atoms with Gasteiger partial charge in [0, 0.05) is 47.7 Å². The maximum atomic E-state index is 12.8. The summed E-state index contributed by atoms with van der Waals surface area (Å²) < 4.78 is 12.1. The summed E-state index contributed by atoms with van der Waals surface area (Å²) in [7, 11) is 0. The van der Waals surface area contributed by atoms with Crippen molar-refractivity contribution in [3.8, 4) is 35.1 Å². The molecule has 40 heavy (non-hydrogen) atoms. The fourth-order valence-corrected chi connectivity index (χ4v) is 3.99. The van der Waals surface area contributed by atoms with Crippen LogP contribution in [0.5, 0.6) is 23.0 Å². The van der Waals surface area contributed by atoms with E-state index < -0.39 is 6.03 Å². The van der Waals surface area contributed by atoms with Crippen molar-refractivity contribution in [1.29, 1.82) is 10.5 Å². The Morgan fingerprint density at radius 2 is 1.12 bits per heavy atom. The van der Waals surface area contributed by atoms with Gasteiger partial charge in [0.1, 0.15) is 23.0 Å². The summed E-state index contributed by atoms with van der Waals surface area (Å²) in [6, 6.07) is 24.6. The highest BCUT2D eigenvalue weighted by Gasteiger charge is 2.12. The number of hydrogen-bond acceptors (Lipinski definition) is 7. The van der Waals surface area contributed by atoms with Gasteiger partial charge in [0.25, 0.3) is 0 Å². The number of hydrogen-bond donors (Lipinski definition) is 4. The summed E-state index contributed by atoms with van der Waals surface area (Å²) in [5.74, 6) is 2.09. The lowest BCUT2D eigenvalue weighted by molar-refractivity contribution is 0.262. The van der Waals surface area contributed by atoms with Crippen LogP contribution in [0.4, 0.5) is 16.2 Å². The Kier molecular flexibility index (Phi) is 8.62. The predicted octanol–water partition coefficient (Wildman–Crippen LogP) is 6.19. The van der Waals surface area contributed by atoms with E-state index >= 15 is 0 Å². The zero-order valence-electron chi connectivity index (χ0n) is 22.1. The molecule has 2 amide bonds. The largest absolute Gasteiger partial charge is 0.457 e. The summed E-state index contributed by atoms with van der Waals surface area (Å²) in [5.41, 5.74) is 17.0. The molecule has 0 heterocycles. The Morgan fingerprint density at radius 3 is 1.48 bits per heavy atom. The van der Waals surface area contributed by atoms with Crippen LogP contribution in [0.3, 0.4) is 0 Å². The highest BCUT2D eigenvalue weighted by molar-refractivity contribution is 6.00. The lowest BCUT2D eigenvalue weighted by atomic mass is 10.1. The van der Waals surface area contributed by atoms with Crippen LogP contribution < -0.4 is 31.6 Å². The zero-order valence-corrected chi connectivity index (χ0v) is 22.1. The first-order valence-corrected chi connectivity index (χ1v) is 12.4. The van der Waals surface area contributed by atoms with E-state index in [0.29, 0.717) is 45.5 Å². The molecule has 4 aromatic carbocycles. The monoisotopic (exact) mass is 532 g/mol. The number of aryl methyl sites for hydroxylation is 2. The van der Waals surface area contributed by atoms with E-state index in [9.17, 15) is 4.79 Å². The molecule has 9 nitrogen and oxygen atoms in total. The molecule has 4 aromatic rings. The molecule has 4 rings (SSSR count). The van der Waals surface area contributed by atoms with Crippen molar-refractivity contribution in [2.75, 3.05) is 10.6 Å². The van der Waals surface area contributed by atoms with Crippen LogP contribution in [0.1, 0.15) is 33.4 Å². The summed E-state index contributed by atoms with van der Waals surface area (Å²) in [4.78, 5) is 12.8. The molecule has 0 spiro atoms. The van der Waals surface area contributed by atoms with Crippen molar-refractivity contribution < 1.29 is 14.3 Å². The van der Waals surface area contributed by atoms with Gasteiger partial charge < -0.3 is 31.6 Å². The van der Waals surface area contributed by atoms with Crippen LogP contribution in [0.15, 0.2) is 72.8 Å². The molecule has 0 atom stereocenters. The molecule has 0 saturated carbocycles. The van der Waals surface area contributed by atoms with Gasteiger partial charge in [-0.25, -0.2) is 4.79 Å². The Morgan fingerprint density at radius 1 is 0.700 bits per heavy atom. The van der Waals surface area contributed by atoms with Crippen molar-refractivity contribution in [2.24, 2.45) is 11.5 Å². The molecule has 0 unspecified atom stereocenters. The molecule has 9 heteroatoms. The minimum Gasteiger partial charge on any atom is -0.457 e. The number of benzene rings is 4. The third-order valence-electron chi connectivity index (χ3n) is 6.18. The van der Waals surface area contributed by atoms with E-state index in [-0.39, 0.29) is 13.1 Å². The molecular formula is C31H28N6O3. The van der Waals surface area contributed by atoms with E-state index in [1.165, 1.54) is 0 Å². The van der Waals surface area contributed by atoms with Crippen LogP contribution >= 0.6 is 0 Å². The van der Waals surface area contributed by atoms with E-state index in [0.717, 1.165) is 22.3 Å². The predicted molar refractivity (Wildman–Crippen MR) is 153 cm³/mol. The van der Waals surface area contributed by atoms with Gasteiger partial charge in [0.15, 0.2) is 0 Å². The van der Waals surface area contributed by atoms with Crippen molar-refractivity contribution in [3.63, 3.8) is 0 Å². The standard InChI is InChI=1S/C31H28N6O3/c1-19-11-27(9-5-21(19)15-32)39-29-13-25(7-3-23(29)17-34)36-31(38)37-26-8-4-24(18-35)30(14-26)40-28-10-6-22(16-33)20(2)12-28/h3-14H,17-18,34-35H2,1-2H3,(H2,36,37,38). The number of amides is 2. The molecule has 0 aromatic heterocycles. The normalized spacial score (nSPS) is 10.2. The quantitative estimate of drug-likeness (QED) is 0.210. The summed E-state index contributed by atoms with van der Waals surface area (Å²) in [6.07, 6.45) is 0. The first kappa shape index (κ1) is 27.7. The molecule has 0 aliphatic heterocycles. The van der Waals surface area contributed by atoms with Crippen molar-refractivity contribution in [1.82, 2.24) is 0 Å². The third-order valence-corrected chi connectivity index (χ3v) is 6.18. The summed E-state index contributed by atoms with van der Waals surface area (Å²) in [5, 5.41) is 23.9. The number of carbonyl (C=O) groups is 1. The number of nitrogens with zero attached hydrogens (tertiary/aromatic N) is 2. The minimum absolute atomic E-state index is 0.242. The number of anilines is 2. The molecule has 200 valence electrons. The van der Waals surface area contributed by atoms with E-state index in [4.69, 9.17) is 31.5 Å². The van der Waals surface area contributed by atoms with Gasteiger partial charge in [0.2, 0.25) is 0 Å². The third kappa shape index (κ3) is 6.55. The maximum absolute atomic E-state index is 12.8. The van der Waals surface area contributed by atoms with Gasteiger partial charge >= 0.3 is 6.03 Å². The number of urea groups is 1. The van der Waals surface area contributed by atoms with E-state index in [1.54, 1.807) is 72.8 Å². The zero-order chi connectivity index (χ0) is 28.6. The van der Waals surface area contributed by atoms with Gasteiger partial charge in [-0.15, -0.1) is 0 Å². The Balaban J connectivity index is 1.49. The lowest BCUT2D eigenvalue weighted by Gasteiger charge is -2.15. The summed E-state index contributed by atoms with van der Waals surface area (Å²) in [6.45, 7) is 4.15. The maximum Gasteiger partial charge on any atom is 0.323 e. The van der Waals surface area contributed by atoms with Crippen LogP contribution in [0.25, 0.3) is 0 Å².